The molecule has 1 spiro atoms. The Hall–Kier alpha value is -1.91. The Morgan fingerprint density at radius 3 is 2.60 bits per heavy atom. The highest BCUT2D eigenvalue weighted by Gasteiger charge is 2.51. The fraction of sp³-hybridized carbons (Fsp3) is 0.533. The van der Waals surface area contributed by atoms with Crippen molar-refractivity contribution in [3.05, 3.63) is 33.9 Å². The van der Waals surface area contributed by atoms with Gasteiger partial charge in [-0.3, -0.25) is 14.9 Å². The molecule has 1 aromatic rings. The highest BCUT2D eigenvalue weighted by Crippen LogP contribution is 2.50. The van der Waals surface area contributed by atoms with Crippen molar-refractivity contribution in [2.24, 2.45) is 0 Å². The first-order valence-electron chi connectivity index (χ1n) is 7.21. The lowest BCUT2D eigenvalue weighted by Crippen LogP contribution is -2.41. The summed E-state index contributed by atoms with van der Waals surface area (Å²) in [5.74, 6) is 0.134. The number of nitro groups is 1. The lowest BCUT2D eigenvalue weighted by atomic mass is 9.70. The number of non-ortho nitro benzene ring substituents is 1. The van der Waals surface area contributed by atoms with E-state index in [0.717, 1.165) is 43.4 Å². The topological polar surface area (TPSA) is 63.5 Å². The standard InChI is InChI=1S/C15H18N2O3/c1-2-16-13-7-6-11(17(19)20)10-12(13)15(14(16)18)8-4-3-5-9-15/h6-7,10H,2-5,8-9H2,1H3. The van der Waals surface area contributed by atoms with Gasteiger partial charge in [0.1, 0.15) is 0 Å². The number of rotatable bonds is 2. The summed E-state index contributed by atoms with van der Waals surface area (Å²) >= 11 is 0. The van der Waals surface area contributed by atoms with Gasteiger partial charge in [0.2, 0.25) is 5.91 Å². The molecular formula is C15H18N2O3. The van der Waals surface area contributed by atoms with E-state index >= 15 is 0 Å². The Bertz CT molecular complexity index is 576. The largest absolute Gasteiger partial charge is 0.312 e. The Morgan fingerprint density at radius 1 is 1.30 bits per heavy atom. The maximum Gasteiger partial charge on any atom is 0.269 e. The minimum absolute atomic E-state index is 0.0828. The van der Waals surface area contributed by atoms with Gasteiger partial charge in [0, 0.05) is 24.4 Å². The Balaban J connectivity index is 2.17. The number of hydrogen-bond acceptors (Lipinski definition) is 3. The highest BCUT2D eigenvalue weighted by molar-refractivity contribution is 6.08. The maximum atomic E-state index is 12.8. The van der Waals surface area contributed by atoms with Gasteiger partial charge in [-0.25, -0.2) is 0 Å². The predicted octanol–water partition coefficient (Wildman–Crippen LogP) is 3.16. The van der Waals surface area contributed by atoms with Gasteiger partial charge in [0.15, 0.2) is 0 Å². The van der Waals surface area contributed by atoms with Gasteiger partial charge in [-0.15, -0.1) is 0 Å². The average Bonchev–Trinajstić information content (AvgIpc) is 2.69. The molecular weight excluding hydrogens is 256 g/mol. The molecule has 0 unspecified atom stereocenters. The molecule has 0 atom stereocenters. The first-order chi connectivity index (χ1) is 9.60. The number of anilines is 1. The molecule has 0 N–H and O–H groups in total. The van der Waals surface area contributed by atoms with Crippen molar-refractivity contribution in [3.8, 4) is 0 Å². The van der Waals surface area contributed by atoms with Crippen molar-refractivity contribution in [1.29, 1.82) is 0 Å². The fourth-order valence-corrected chi connectivity index (χ4v) is 3.69. The number of nitrogens with zero attached hydrogens (tertiary/aromatic N) is 2. The molecule has 0 bridgehead atoms. The zero-order valence-corrected chi connectivity index (χ0v) is 11.6. The van der Waals surface area contributed by atoms with Crippen LogP contribution in [-0.4, -0.2) is 17.4 Å². The monoisotopic (exact) mass is 274 g/mol. The molecule has 1 heterocycles. The summed E-state index contributed by atoms with van der Waals surface area (Å²) in [6.45, 7) is 2.57. The molecule has 0 saturated heterocycles. The van der Waals surface area contributed by atoms with Gasteiger partial charge >= 0.3 is 0 Å². The van der Waals surface area contributed by atoms with Crippen molar-refractivity contribution < 1.29 is 9.72 Å². The summed E-state index contributed by atoms with van der Waals surface area (Å²) < 4.78 is 0. The van der Waals surface area contributed by atoms with Gasteiger partial charge in [-0.05, 0) is 31.4 Å². The smallest absolute Gasteiger partial charge is 0.269 e. The van der Waals surface area contributed by atoms with Crippen LogP contribution >= 0.6 is 0 Å². The third-order valence-corrected chi connectivity index (χ3v) is 4.68. The summed E-state index contributed by atoms with van der Waals surface area (Å²) in [5, 5.41) is 11.0. The van der Waals surface area contributed by atoms with Crippen molar-refractivity contribution in [2.45, 2.75) is 44.4 Å². The van der Waals surface area contributed by atoms with E-state index in [1.54, 1.807) is 17.0 Å². The number of carbonyl (C=O) groups is 1. The van der Waals surface area contributed by atoms with Crippen LogP contribution in [0.2, 0.25) is 0 Å². The van der Waals surface area contributed by atoms with Crippen LogP contribution in [-0.2, 0) is 10.2 Å². The van der Waals surface area contributed by atoms with E-state index in [-0.39, 0.29) is 16.5 Å². The SMILES string of the molecule is CCN1C(=O)C2(CCCCC2)c2cc([N+](=O)[O-])ccc21. The average molecular weight is 274 g/mol. The van der Waals surface area contributed by atoms with Crippen LogP contribution in [0, 0.1) is 10.1 Å². The zero-order valence-electron chi connectivity index (χ0n) is 11.6. The molecule has 20 heavy (non-hydrogen) atoms. The van der Waals surface area contributed by atoms with Gasteiger partial charge < -0.3 is 4.90 Å². The summed E-state index contributed by atoms with van der Waals surface area (Å²) in [7, 11) is 0. The predicted molar refractivity (Wildman–Crippen MR) is 75.9 cm³/mol. The van der Waals surface area contributed by atoms with Crippen LogP contribution in [0.5, 0.6) is 0 Å². The molecule has 5 nitrogen and oxygen atoms in total. The second-order valence-electron chi connectivity index (χ2n) is 5.65. The van der Waals surface area contributed by atoms with E-state index in [2.05, 4.69) is 0 Å². The normalized spacial score (nSPS) is 20.2. The fourth-order valence-electron chi connectivity index (χ4n) is 3.69. The van der Waals surface area contributed by atoms with E-state index in [1.165, 1.54) is 6.07 Å². The number of likely N-dealkylation sites (N-methyl/N-ethyl adjacent to an activating group) is 1. The summed E-state index contributed by atoms with van der Waals surface area (Å²) in [5.41, 5.74) is 1.32. The molecule has 1 aliphatic heterocycles. The van der Waals surface area contributed by atoms with E-state index < -0.39 is 5.41 Å². The zero-order chi connectivity index (χ0) is 14.3. The van der Waals surface area contributed by atoms with Crippen LogP contribution in [0.25, 0.3) is 0 Å². The Labute approximate surface area is 117 Å². The van der Waals surface area contributed by atoms with Crippen LogP contribution < -0.4 is 4.90 Å². The van der Waals surface area contributed by atoms with E-state index in [1.807, 2.05) is 6.92 Å². The summed E-state index contributed by atoms with van der Waals surface area (Å²) in [6, 6.07) is 4.85. The Morgan fingerprint density at radius 2 is 2.00 bits per heavy atom. The first kappa shape index (κ1) is 13.1. The molecule has 1 aromatic carbocycles. The van der Waals surface area contributed by atoms with Crippen LogP contribution in [0.1, 0.15) is 44.6 Å². The minimum atomic E-state index is -0.504. The lowest BCUT2D eigenvalue weighted by molar-refractivity contribution is -0.384. The molecule has 1 saturated carbocycles. The number of carbonyl (C=O) groups excluding carboxylic acids is 1. The van der Waals surface area contributed by atoms with Gasteiger partial charge in [-0.2, -0.15) is 0 Å². The molecule has 0 radical (unpaired) electrons. The van der Waals surface area contributed by atoms with Crippen LogP contribution in [0.3, 0.4) is 0 Å². The van der Waals surface area contributed by atoms with E-state index in [0.29, 0.717) is 6.54 Å². The molecule has 3 rings (SSSR count). The van der Waals surface area contributed by atoms with E-state index in [4.69, 9.17) is 0 Å². The first-order valence-corrected chi connectivity index (χ1v) is 7.21. The number of hydrogen-bond donors (Lipinski definition) is 0. The molecule has 5 heteroatoms. The highest BCUT2D eigenvalue weighted by atomic mass is 16.6. The number of benzene rings is 1. The van der Waals surface area contributed by atoms with Gasteiger partial charge in [-0.1, -0.05) is 19.3 Å². The van der Waals surface area contributed by atoms with Crippen molar-refractivity contribution in [1.82, 2.24) is 0 Å². The maximum absolute atomic E-state index is 12.8. The number of amides is 1. The quantitative estimate of drug-likeness (QED) is 0.614. The molecule has 106 valence electrons. The minimum Gasteiger partial charge on any atom is -0.312 e. The second kappa shape index (κ2) is 4.58. The van der Waals surface area contributed by atoms with Gasteiger partial charge in [0.25, 0.3) is 5.69 Å². The number of nitro benzene ring substituents is 1. The van der Waals surface area contributed by atoms with Gasteiger partial charge in [0.05, 0.1) is 10.3 Å². The number of fused-ring (bicyclic) bond motifs is 2. The van der Waals surface area contributed by atoms with Crippen molar-refractivity contribution >= 4 is 17.3 Å². The molecule has 1 amide bonds. The van der Waals surface area contributed by atoms with Crippen LogP contribution in [0.15, 0.2) is 18.2 Å². The van der Waals surface area contributed by atoms with Crippen molar-refractivity contribution in [2.75, 3.05) is 11.4 Å². The second-order valence-corrected chi connectivity index (χ2v) is 5.65. The molecule has 2 aliphatic rings. The Kier molecular flexibility index (Phi) is 3.00. The molecule has 1 aliphatic carbocycles. The summed E-state index contributed by atoms with van der Waals surface area (Å²) in [4.78, 5) is 25.2. The third kappa shape index (κ3) is 1.65. The van der Waals surface area contributed by atoms with Crippen molar-refractivity contribution in [3.63, 3.8) is 0 Å². The molecule has 1 fully saturated rings. The van der Waals surface area contributed by atoms with Crippen LogP contribution in [0.4, 0.5) is 11.4 Å². The summed E-state index contributed by atoms with van der Waals surface area (Å²) in [6.07, 6.45) is 4.81. The third-order valence-electron chi connectivity index (χ3n) is 4.68. The lowest BCUT2D eigenvalue weighted by Gasteiger charge is -2.32. The molecule has 0 aromatic heterocycles. The van der Waals surface area contributed by atoms with E-state index in [9.17, 15) is 14.9 Å².